The fraction of sp³-hybridized carbons (Fsp3) is 0.300. The number of nitrogens with zero attached hydrogens (tertiary/aromatic N) is 1. The Kier molecular flexibility index (Phi) is 4.42. The molecule has 0 aliphatic heterocycles. The molecule has 0 amide bonds. The Morgan fingerprint density at radius 2 is 2.00 bits per heavy atom. The second-order valence-corrected chi connectivity index (χ2v) is 4.08. The van der Waals surface area contributed by atoms with Crippen molar-refractivity contribution in [1.29, 1.82) is 0 Å². The SMILES string of the molecule is O=CC[C@H](C[N+](=O)[O-])c1ccc(Br)cc1. The van der Waals surface area contributed by atoms with Crippen LogP contribution in [0.3, 0.4) is 0 Å². The summed E-state index contributed by atoms with van der Waals surface area (Å²) in [5.74, 6) is -0.328. The molecule has 0 spiro atoms. The number of hydrogen-bond donors (Lipinski definition) is 0. The Morgan fingerprint density at radius 3 is 2.47 bits per heavy atom. The van der Waals surface area contributed by atoms with E-state index in [1.165, 1.54) is 0 Å². The normalized spacial score (nSPS) is 12.1. The van der Waals surface area contributed by atoms with Gasteiger partial charge in [0, 0.05) is 15.8 Å². The van der Waals surface area contributed by atoms with Crippen LogP contribution in [-0.4, -0.2) is 17.8 Å². The van der Waals surface area contributed by atoms with E-state index in [9.17, 15) is 14.9 Å². The standard InChI is InChI=1S/C10H10BrNO3/c11-10-3-1-8(2-4-10)9(5-6-13)7-12(14)15/h1-4,6,9H,5,7H2/t9-/m1/s1. The van der Waals surface area contributed by atoms with Crippen molar-refractivity contribution in [2.45, 2.75) is 12.3 Å². The molecule has 1 aromatic rings. The average Bonchev–Trinajstić information content (AvgIpc) is 2.17. The number of nitro groups is 1. The van der Waals surface area contributed by atoms with Crippen LogP contribution in [0.5, 0.6) is 0 Å². The number of carbonyl (C=O) groups excluding carboxylic acids is 1. The maximum absolute atomic E-state index is 10.4. The van der Waals surface area contributed by atoms with Crippen LogP contribution in [0.15, 0.2) is 28.7 Å². The van der Waals surface area contributed by atoms with E-state index >= 15 is 0 Å². The molecule has 0 aliphatic carbocycles. The van der Waals surface area contributed by atoms with Crippen LogP contribution in [0.25, 0.3) is 0 Å². The van der Waals surface area contributed by atoms with Crippen molar-refractivity contribution in [2.24, 2.45) is 0 Å². The number of hydrogen-bond acceptors (Lipinski definition) is 3. The number of halogens is 1. The molecule has 0 saturated carbocycles. The molecule has 0 bridgehead atoms. The van der Waals surface area contributed by atoms with Gasteiger partial charge in [0.15, 0.2) is 0 Å². The van der Waals surface area contributed by atoms with E-state index in [1.807, 2.05) is 12.1 Å². The van der Waals surface area contributed by atoms with E-state index in [0.29, 0.717) is 0 Å². The van der Waals surface area contributed by atoms with Crippen molar-refractivity contribution >= 4 is 22.2 Å². The van der Waals surface area contributed by atoms with Crippen LogP contribution < -0.4 is 0 Å². The lowest BCUT2D eigenvalue weighted by Gasteiger charge is -2.09. The lowest BCUT2D eigenvalue weighted by atomic mass is 9.97. The highest BCUT2D eigenvalue weighted by Gasteiger charge is 2.16. The minimum Gasteiger partial charge on any atom is -0.303 e. The van der Waals surface area contributed by atoms with E-state index in [2.05, 4.69) is 15.9 Å². The summed E-state index contributed by atoms with van der Waals surface area (Å²) in [5.41, 5.74) is 0.821. The first-order valence-electron chi connectivity index (χ1n) is 4.44. The predicted octanol–water partition coefficient (Wildman–Crippen LogP) is 2.40. The molecule has 4 nitrogen and oxygen atoms in total. The van der Waals surface area contributed by atoms with Crippen LogP contribution in [-0.2, 0) is 4.79 Å². The summed E-state index contributed by atoms with van der Waals surface area (Å²) in [6.07, 6.45) is 0.902. The highest BCUT2D eigenvalue weighted by Crippen LogP contribution is 2.21. The van der Waals surface area contributed by atoms with Crippen LogP contribution in [0.1, 0.15) is 17.9 Å². The maximum atomic E-state index is 10.4. The average molecular weight is 272 g/mol. The van der Waals surface area contributed by atoms with Crippen molar-refractivity contribution in [2.75, 3.05) is 6.54 Å². The zero-order valence-electron chi connectivity index (χ0n) is 7.93. The van der Waals surface area contributed by atoms with Crippen LogP contribution in [0, 0.1) is 10.1 Å². The van der Waals surface area contributed by atoms with Gasteiger partial charge < -0.3 is 4.79 Å². The van der Waals surface area contributed by atoms with Gasteiger partial charge in [-0.05, 0) is 17.7 Å². The van der Waals surface area contributed by atoms with Gasteiger partial charge in [0.1, 0.15) is 6.29 Å². The van der Waals surface area contributed by atoms with Crippen molar-refractivity contribution in [3.8, 4) is 0 Å². The molecule has 0 N–H and O–H groups in total. The highest BCUT2D eigenvalue weighted by atomic mass is 79.9. The molecule has 5 heteroatoms. The minimum atomic E-state index is -0.393. The van der Waals surface area contributed by atoms with Gasteiger partial charge >= 0.3 is 0 Å². The largest absolute Gasteiger partial charge is 0.303 e. The lowest BCUT2D eigenvalue weighted by molar-refractivity contribution is -0.483. The monoisotopic (exact) mass is 271 g/mol. The summed E-state index contributed by atoms with van der Waals surface area (Å²) in [5, 5.41) is 10.4. The lowest BCUT2D eigenvalue weighted by Crippen LogP contribution is -2.13. The van der Waals surface area contributed by atoms with E-state index in [-0.39, 0.29) is 18.9 Å². The molecule has 80 valence electrons. The summed E-state index contributed by atoms with van der Waals surface area (Å²) in [7, 11) is 0. The first-order chi connectivity index (χ1) is 7.13. The van der Waals surface area contributed by atoms with Crippen molar-refractivity contribution < 1.29 is 9.72 Å². The minimum absolute atomic E-state index is 0.183. The fourth-order valence-corrected chi connectivity index (χ4v) is 1.61. The Hall–Kier alpha value is -1.23. The summed E-state index contributed by atoms with van der Waals surface area (Å²) >= 11 is 3.28. The third-order valence-corrected chi connectivity index (χ3v) is 2.62. The van der Waals surface area contributed by atoms with Crippen LogP contribution in [0.2, 0.25) is 0 Å². The molecule has 0 radical (unpaired) electrons. The maximum Gasteiger partial charge on any atom is 0.211 e. The molecule has 0 aliphatic rings. The van der Waals surface area contributed by atoms with Crippen molar-refractivity contribution in [3.05, 3.63) is 44.4 Å². The smallest absolute Gasteiger partial charge is 0.211 e. The quantitative estimate of drug-likeness (QED) is 0.469. The van der Waals surface area contributed by atoms with Gasteiger partial charge in [-0.15, -0.1) is 0 Å². The second-order valence-electron chi connectivity index (χ2n) is 3.17. The number of rotatable bonds is 5. The van der Waals surface area contributed by atoms with E-state index in [1.54, 1.807) is 12.1 Å². The van der Waals surface area contributed by atoms with Crippen molar-refractivity contribution in [1.82, 2.24) is 0 Å². The third-order valence-electron chi connectivity index (χ3n) is 2.09. The fourth-order valence-electron chi connectivity index (χ4n) is 1.35. The Balaban J connectivity index is 2.83. The third kappa shape index (κ3) is 3.79. The van der Waals surface area contributed by atoms with Gasteiger partial charge in [0.2, 0.25) is 6.54 Å². The first-order valence-corrected chi connectivity index (χ1v) is 5.23. The molecule has 0 aromatic heterocycles. The molecular weight excluding hydrogens is 262 g/mol. The molecule has 15 heavy (non-hydrogen) atoms. The summed E-state index contributed by atoms with van der Waals surface area (Å²) < 4.78 is 0.914. The Morgan fingerprint density at radius 1 is 1.40 bits per heavy atom. The summed E-state index contributed by atoms with van der Waals surface area (Å²) in [4.78, 5) is 20.4. The zero-order valence-corrected chi connectivity index (χ0v) is 9.51. The highest BCUT2D eigenvalue weighted by molar-refractivity contribution is 9.10. The van der Waals surface area contributed by atoms with Crippen LogP contribution in [0.4, 0.5) is 0 Å². The molecular formula is C10H10BrNO3. The van der Waals surface area contributed by atoms with E-state index in [0.717, 1.165) is 16.3 Å². The zero-order chi connectivity index (χ0) is 11.3. The molecule has 0 unspecified atom stereocenters. The Bertz CT molecular complexity index is 350. The van der Waals surface area contributed by atoms with Gasteiger partial charge in [0.25, 0.3) is 0 Å². The molecule has 0 saturated heterocycles. The van der Waals surface area contributed by atoms with Gasteiger partial charge in [-0.25, -0.2) is 0 Å². The van der Waals surface area contributed by atoms with E-state index < -0.39 is 4.92 Å². The number of aldehydes is 1. The summed E-state index contributed by atoms with van der Waals surface area (Å²) in [6.45, 7) is -0.208. The second kappa shape index (κ2) is 5.60. The van der Waals surface area contributed by atoms with Gasteiger partial charge in [-0.1, -0.05) is 28.1 Å². The molecule has 0 heterocycles. The Labute approximate surface area is 95.6 Å². The molecule has 1 rings (SSSR count). The molecule has 1 atom stereocenters. The topological polar surface area (TPSA) is 60.2 Å². The molecule has 1 aromatic carbocycles. The predicted molar refractivity (Wildman–Crippen MR) is 59.4 cm³/mol. The van der Waals surface area contributed by atoms with Gasteiger partial charge in [-0.2, -0.15) is 0 Å². The van der Waals surface area contributed by atoms with Gasteiger partial charge in [0.05, 0.1) is 5.92 Å². The summed E-state index contributed by atoms with van der Waals surface area (Å²) in [6, 6.07) is 7.21. The molecule has 0 fully saturated rings. The number of benzene rings is 1. The number of carbonyl (C=O) groups is 1. The van der Waals surface area contributed by atoms with Gasteiger partial charge in [-0.3, -0.25) is 10.1 Å². The van der Waals surface area contributed by atoms with Crippen LogP contribution >= 0.6 is 15.9 Å². The van der Waals surface area contributed by atoms with Crippen molar-refractivity contribution in [3.63, 3.8) is 0 Å². The first kappa shape index (κ1) is 11.8. The van der Waals surface area contributed by atoms with E-state index in [4.69, 9.17) is 0 Å².